The number of anilines is 1. The zero-order valence-electron chi connectivity index (χ0n) is 20.6. The molecule has 4 aromatic rings. The molecule has 7 nitrogen and oxygen atoms in total. The summed E-state index contributed by atoms with van der Waals surface area (Å²) < 4.78 is 11.9. The summed E-state index contributed by atoms with van der Waals surface area (Å²) in [6.45, 7) is 2.30. The number of aliphatic hydroxyl groups excluding tert-OH is 1. The number of methoxy groups -OCH3 is 1. The lowest BCUT2D eigenvalue weighted by molar-refractivity contribution is -0.117. The van der Waals surface area contributed by atoms with E-state index in [1.54, 1.807) is 42.5 Å². The van der Waals surface area contributed by atoms with Crippen LogP contribution in [0.5, 0.6) is 11.5 Å². The lowest BCUT2D eigenvalue weighted by atomic mass is 9.95. The van der Waals surface area contributed by atoms with Gasteiger partial charge >= 0.3 is 0 Å². The molecular weight excluding hydrogens is 524 g/mol. The number of carbonyl (C=O) groups excluding carboxylic acids is 2. The number of ether oxygens (including phenoxy) is 2. The van der Waals surface area contributed by atoms with Crippen molar-refractivity contribution in [1.82, 2.24) is 4.98 Å². The van der Waals surface area contributed by atoms with Crippen LogP contribution in [0.2, 0.25) is 5.02 Å². The number of halogens is 1. The number of hydrogen-bond donors (Lipinski definition) is 1. The Bertz CT molecular complexity index is 1600. The first-order valence-electron chi connectivity index (χ1n) is 11.8. The van der Waals surface area contributed by atoms with Crippen molar-refractivity contribution in [3.05, 3.63) is 100 Å². The molecule has 2 heterocycles. The molecule has 1 atom stereocenters. The minimum atomic E-state index is -0.948. The second kappa shape index (κ2) is 10.7. The fraction of sp³-hybridized carbons (Fsp3) is 0.138. The summed E-state index contributed by atoms with van der Waals surface area (Å²) in [5.41, 5.74) is 1.96. The number of benzene rings is 3. The topological polar surface area (TPSA) is 89.0 Å². The summed E-state index contributed by atoms with van der Waals surface area (Å²) in [5, 5.41) is 11.9. The van der Waals surface area contributed by atoms with Crippen LogP contribution < -0.4 is 14.4 Å². The number of carbonyl (C=O) groups is 2. The van der Waals surface area contributed by atoms with Crippen LogP contribution in [-0.2, 0) is 9.59 Å². The van der Waals surface area contributed by atoms with E-state index in [1.165, 1.54) is 29.4 Å². The highest BCUT2D eigenvalue weighted by Gasteiger charge is 2.45. The van der Waals surface area contributed by atoms with Gasteiger partial charge in [0, 0.05) is 5.02 Å². The van der Waals surface area contributed by atoms with Gasteiger partial charge in [0.2, 0.25) is 0 Å². The largest absolute Gasteiger partial charge is 0.503 e. The van der Waals surface area contributed by atoms with Gasteiger partial charge in [-0.25, -0.2) is 4.98 Å². The lowest BCUT2D eigenvalue weighted by Gasteiger charge is -2.25. The molecule has 0 radical (unpaired) electrons. The Hall–Kier alpha value is -4.14. The Balaban J connectivity index is 1.63. The summed E-state index contributed by atoms with van der Waals surface area (Å²) >= 11 is 7.40. The third-order valence-electron chi connectivity index (χ3n) is 6.05. The smallest absolute Gasteiger partial charge is 0.296 e. The zero-order valence-corrected chi connectivity index (χ0v) is 22.1. The van der Waals surface area contributed by atoms with Gasteiger partial charge in [-0.1, -0.05) is 65.4 Å². The number of thiazole rings is 1. The maximum atomic E-state index is 13.5. The quantitative estimate of drug-likeness (QED) is 0.252. The Morgan fingerprint density at radius 3 is 2.66 bits per heavy atom. The van der Waals surface area contributed by atoms with E-state index >= 15 is 0 Å². The molecule has 192 valence electrons. The molecule has 0 spiro atoms. The minimum absolute atomic E-state index is 0.0503. The molecule has 0 saturated heterocycles. The summed E-state index contributed by atoms with van der Waals surface area (Å²) in [4.78, 5) is 32.9. The van der Waals surface area contributed by atoms with Gasteiger partial charge < -0.3 is 14.6 Å². The molecule has 1 unspecified atom stereocenters. The molecule has 5 rings (SSSR count). The molecule has 0 bridgehead atoms. The standard InChI is InChI=1S/C29H23ClN2O5S/c1-3-37-22-14-10-18(15-23(22)36-2)26-25(21(33)13-9-17-7-5-4-6-8-17)27(34)28(35)32(26)29-31-20-12-11-19(30)16-24(20)38-29/h4-16,26,34H,3H2,1-2H3. The molecule has 0 fully saturated rings. The fourth-order valence-corrected chi connectivity index (χ4v) is 5.58. The number of aliphatic hydroxyl groups is 1. The normalized spacial score (nSPS) is 15.6. The van der Waals surface area contributed by atoms with Crippen LogP contribution in [0.1, 0.15) is 24.1 Å². The highest BCUT2D eigenvalue weighted by molar-refractivity contribution is 7.22. The van der Waals surface area contributed by atoms with Gasteiger partial charge in [-0.05, 0) is 54.5 Å². The average Bonchev–Trinajstić information content (AvgIpc) is 3.45. The predicted octanol–water partition coefficient (Wildman–Crippen LogP) is 6.54. The molecule has 38 heavy (non-hydrogen) atoms. The van der Waals surface area contributed by atoms with Gasteiger partial charge in [0.05, 0.1) is 35.5 Å². The predicted molar refractivity (Wildman–Crippen MR) is 149 cm³/mol. The van der Waals surface area contributed by atoms with E-state index in [2.05, 4.69) is 4.98 Å². The third-order valence-corrected chi connectivity index (χ3v) is 7.30. The Morgan fingerprint density at radius 1 is 1.13 bits per heavy atom. The zero-order chi connectivity index (χ0) is 26.8. The molecular formula is C29H23ClN2O5S. The van der Waals surface area contributed by atoms with Crippen molar-refractivity contribution >= 4 is 56.1 Å². The van der Waals surface area contributed by atoms with E-state index in [0.717, 1.165) is 10.3 Å². The highest BCUT2D eigenvalue weighted by atomic mass is 35.5. The summed E-state index contributed by atoms with van der Waals surface area (Å²) in [6, 6.07) is 18.7. The van der Waals surface area contributed by atoms with E-state index in [9.17, 15) is 14.7 Å². The maximum absolute atomic E-state index is 13.5. The Morgan fingerprint density at radius 2 is 1.92 bits per heavy atom. The van der Waals surface area contributed by atoms with Gasteiger partial charge in [0.25, 0.3) is 5.91 Å². The summed E-state index contributed by atoms with van der Waals surface area (Å²) in [6.07, 6.45) is 3.00. The number of fused-ring (bicyclic) bond motifs is 1. The van der Waals surface area contributed by atoms with Crippen molar-refractivity contribution in [2.24, 2.45) is 0 Å². The number of aromatic nitrogens is 1. The number of ketones is 1. The van der Waals surface area contributed by atoms with Gasteiger partial charge in [-0.2, -0.15) is 0 Å². The van der Waals surface area contributed by atoms with Crippen LogP contribution in [0.3, 0.4) is 0 Å². The van der Waals surface area contributed by atoms with Gasteiger partial charge in [-0.3, -0.25) is 14.5 Å². The summed E-state index contributed by atoms with van der Waals surface area (Å²) in [5.74, 6) is -0.878. The van der Waals surface area contributed by atoms with E-state index in [-0.39, 0.29) is 5.57 Å². The van der Waals surface area contributed by atoms with Crippen molar-refractivity contribution in [3.8, 4) is 11.5 Å². The third kappa shape index (κ3) is 4.76. The van der Waals surface area contributed by atoms with E-state index < -0.39 is 23.5 Å². The SMILES string of the molecule is CCOc1ccc(C2C(C(=O)C=Cc3ccccc3)=C(O)C(=O)N2c2nc3ccc(Cl)cc3s2)cc1OC. The van der Waals surface area contributed by atoms with Crippen LogP contribution in [0.15, 0.2) is 84.1 Å². The van der Waals surface area contributed by atoms with E-state index in [4.69, 9.17) is 21.1 Å². The van der Waals surface area contributed by atoms with Crippen molar-refractivity contribution in [3.63, 3.8) is 0 Å². The monoisotopic (exact) mass is 546 g/mol. The lowest BCUT2D eigenvalue weighted by Crippen LogP contribution is -2.30. The van der Waals surface area contributed by atoms with E-state index in [0.29, 0.717) is 39.3 Å². The maximum Gasteiger partial charge on any atom is 0.296 e. The van der Waals surface area contributed by atoms with Gasteiger partial charge in [0.1, 0.15) is 0 Å². The first-order valence-corrected chi connectivity index (χ1v) is 13.0. The van der Waals surface area contributed by atoms with Crippen LogP contribution >= 0.6 is 22.9 Å². The number of nitrogens with zero attached hydrogens (tertiary/aromatic N) is 2. The molecule has 1 amide bonds. The molecule has 3 aromatic carbocycles. The number of amides is 1. The van der Waals surface area contributed by atoms with Crippen molar-refractivity contribution in [2.45, 2.75) is 13.0 Å². The highest BCUT2D eigenvalue weighted by Crippen LogP contribution is 2.45. The number of hydrogen-bond acceptors (Lipinski definition) is 7. The molecule has 0 aliphatic carbocycles. The average molecular weight is 547 g/mol. The molecule has 1 aliphatic rings. The van der Waals surface area contributed by atoms with Crippen LogP contribution in [0.4, 0.5) is 5.13 Å². The Labute approximate surface area is 228 Å². The molecule has 0 saturated carbocycles. The first-order chi connectivity index (χ1) is 18.4. The van der Waals surface area contributed by atoms with Crippen LogP contribution in [0, 0.1) is 0 Å². The number of allylic oxidation sites excluding steroid dienone is 1. The first kappa shape index (κ1) is 25.5. The molecule has 1 N–H and O–H groups in total. The molecule has 1 aromatic heterocycles. The van der Waals surface area contributed by atoms with Gasteiger partial charge in [0.15, 0.2) is 28.2 Å². The number of rotatable bonds is 8. The second-order valence-corrected chi connectivity index (χ2v) is 9.85. The molecule has 1 aliphatic heterocycles. The van der Waals surface area contributed by atoms with E-state index in [1.807, 2.05) is 37.3 Å². The Kier molecular flexibility index (Phi) is 7.18. The molecule has 9 heteroatoms. The van der Waals surface area contributed by atoms with Crippen molar-refractivity contribution in [1.29, 1.82) is 0 Å². The van der Waals surface area contributed by atoms with Crippen LogP contribution in [0.25, 0.3) is 16.3 Å². The van der Waals surface area contributed by atoms with Gasteiger partial charge in [-0.15, -0.1) is 0 Å². The fourth-order valence-electron chi connectivity index (χ4n) is 4.31. The van der Waals surface area contributed by atoms with Crippen molar-refractivity contribution in [2.75, 3.05) is 18.6 Å². The second-order valence-electron chi connectivity index (χ2n) is 8.40. The van der Waals surface area contributed by atoms with Crippen molar-refractivity contribution < 1.29 is 24.2 Å². The van der Waals surface area contributed by atoms with Crippen LogP contribution in [-0.4, -0.2) is 35.5 Å². The summed E-state index contributed by atoms with van der Waals surface area (Å²) in [7, 11) is 1.51. The minimum Gasteiger partial charge on any atom is -0.503 e.